The van der Waals surface area contributed by atoms with Gasteiger partial charge in [0.05, 0.1) is 5.56 Å². The molecule has 1 heterocycles. The lowest BCUT2D eigenvalue weighted by atomic mass is 10.1. The van der Waals surface area contributed by atoms with Gasteiger partial charge in [-0.25, -0.2) is 13.5 Å². The molecule has 1 aromatic carbocycles. The zero-order chi connectivity index (χ0) is 19.8. The van der Waals surface area contributed by atoms with Crippen LogP contribution in [0.15, 0.2) is 29.4 Å². The summed E-state index contributed by atoms with van der Waals surface area (Å²) in [6, 6.07) is 3.84. The van der Waals surface area contributed by atoms with Gasteiger partial charge in [-0.3, -0.25) is 10.1 Å². The summed E-state index contributed by atoms with van der Waals surface area (Å²) in [6.45, 7) is 2.76. The number of anilines is 1. The molecule has 1 amide bonds. The highest BCUT2D eigenvalue weighted by Crippen LogP contribution is 2.31. The standard InChI is InChI=1S/C14H15F3N4O4S/c1-13(2,25-9-6-4-8(5-7-9)14(15,16)17)10(22)18-11-19-12(21-20-11)26(3,23)24/h4-7H,1-3H3,(H2,18,19,20,21,22). The molecule has 0 unspecified atom stereocenters. The summed E-state index contributed by atoms with van der Waals surface area (Å²) >= 11 is 0. The van der Waals surface area contributed by atoms with Crippen LogP contribution < -0.4 is 10.1 Å². The molecule has 1 aromatic heterocycles. The molecule has 12 heteroatoms. The minimum atomic E-state index is -4.48. The third-order valence-corrected chi connectivity index (χ3v) is 4.03. The Morgan fingerprint density at radius 1 is 1.19 bits per heavy atom. The van der Waals surface area contributed by atoms with E-state index in [1.54, 1.807) is 0 Å². The van der Waals surface area contributed by atoms with Gasteiger partial charge in [0.15, 0.2) is 5.60 Å². The molecular formula is C14H15F3N4O4S. The fourth-order valence-electron chi connectivity index (χ4n) is 1.77. The third kappa shape index (κ3) is 4.71. The number of nitrogens with one attached hydrogen (secondary N) is 2. The van der Waals surface area contributed by atoms with E-state index in [4.69, 9.17) is 4.74 Å². The van der Waals surface area contributed by atoms with E-state index in [0.29, 0.717) is 0 Å². The summed E-state index contributed by atoms with van der Waals surface area (Å²) in [5.41, 5.74) is -2.34. The van der Waals surface area contributed by atoms with Crippen LogP contribution in [0.5, 0.6) is 5.75 Å². The monoisotopic (exact) mass is 392 g/mol. The molecule has 0 spiro atoms. The first-order chi connectivity index (χ1) is 11.8. The normalized spacial score (nSPS) is 12.7. The van der Waals surface area contributed by atoms with Crippen molar-refractivity contribution >= 4 is 21.7 Å². The van der Waals surface area contributed by atoms with Crippen molar-refractivity contribution in [2.75, 3.05) is 11.6 Å². The van der Waals surface area contributed by atoms with Crippen LogP contribution in [0.4, 0.5) is 19.1 Å². The van der Waals surface area contributed by atoms with E-state index in [0.717, 1.165) is 30.5 Å². The molecule has 0 atom stereocenters. The van der Waals surface area contributed by atoms with Crippen LogP contribution in [-0.2, 0) is 20.8 Å². The fraction of sp³-hybridized carbons (Fsp3) is 0.357. The van der Waals surface area contributed by atoms with Crippen LogP contribution in [0.1, 0.15) is 19.4 Å². The highest BCUT2D eigenvalue weighted by Gasteiger charge is 2.33. The van der Waals surface area contributed by atoms with Crippen molar-refractivity contribution in [1.29, 1.82) is 0 Å². The second-order valence-electron chi connectivity index (χ2n) is 5.82. The highest BCUT2D eigenvalue weighted by atomic mass is 32.2. The minimum Gasteiger partial charge on any atom is -0.478 e. The van der Waals surface area contributed by atoms with E-state index in [-0.39, 0.29) is 11.7 Å². The number of benzene rings is 1. The van der Waals surface area contributed by atoms with Gasteiger partial charge in [-0.2, -0.15) is 18.2 Å². The molecule has 2 rings (SSSR count). The van der Waals surface area contributed by atoms with Gasteiger partial charge in [-0.1, -0.05) is 0 Å². The number of hydrogen-bond donors (Lipinski definition) is 2. The molecule has 26 heavy (non-hydrogen) atoms. The van der Waals surface area contributed by atoms with Crippen LogP contribution in [0.2, 0.25) is 0 Å². The Hall–Kier alpha value is -2.63. The fourth-order valence-corrected chi connectivity index (χ4v) is 2.24. The van der Waals surface area contributed by atoms with Crippen molar-refractivity contribution in [2.24, 2.45) is 0 Å². The number of carbonyl (C=O) groups is 1. The van der Waals surface area contributed by atoms with E-state index in [1.807, 2.05) is 0 Å². The number of ether oxygens (including phenoxy) is 1. The van der Waals surface area contributed by atoms with Crippen molar-refractivity contribution in [3.63, 3.8) is 0 Å². The van der Waals surface area contributed by atoms with Crippen LogP contribution in [0.25, 0.3) is 0 Å². The zero-order valence-corrected chi connectivity index (χ0v) is 14.7. The molecule has 2 N–H and O–H groups in total. The third-order valence-electron chi connectivity index (χ3n) is 3.14. The molecule has 0 aliphatic carbocycles. The van der Waals surface area contributed by atoms with Crippen LogP contribution >= 0.6 is 0 Å². The largest absolute Gasteiger partial charge is 0.478 e. The number of H-pyrrole nitrogens is 1. The molecule has 0 aliphatic heterocycles. The van der Waals surface area contributed by atoms with Crippen molar-refractivity contribution in [3.05, 3.63) is 29.8 Å². The smallest absolute Gasteiger partial charge is 0.416 e. The maximum atomic E-state index is 12.5. The average molecular weight is 392 g/mol. The summed E-state index contributed by atoms with van der Waals surface area (Å²) in [5.74, 6) is -0.957. The Labute approximate surface area is 146 Å². The Bertz CT molecular complexity index is 905. The summed E-state index contributed by atoms with van der Waals surface area (Å²) in [7, 11) is -3.62. The van der Waals surface area contributed by atoms with Gasteiger partial charge in [0.1, 0.15) is 5.75 Å². The number of aromatic nitrogens is 3. The van der Waals surface area contributed by atoms with Crippen molar-refractivity contribution < 1.29 is 31.1 Å². The molecule has 0 aliphatic rings. The average Bonchev–Trinajstić information content (AvgIpc) is 2.95. The van der Waals surface area contributed by atoms with E-state index in [1.165, 1.54) is 13.8 Å². The van der Waals surface area contributed by atoms with Gasteiger partial charge < -0.3 is 4.74 Å². The van der Waals surface area contributed by atoms with Crippen LogP contribution in [0.3, 0.4) is 0 Å². The van der Waals surface area contributed by atoms with Gasteiger partial charge in [0.25, 0.3) is 5.91 Å². The van der Waals surface area contributed by atoms with Gasteiger partial charge in [0.2, 0.25) is 20.9 Å². The summed E-state index contributed by atoms with van der Waals surface area (Å²) in [4.78, 5) is 15.9. The Morgan fingerprint density at radius 3 is 2.23 bits per heavy atom. The molecular weight excluding hydrogens is 377 g/mol. The lowest BCUT2D eigenvalue weighted by Crippen LogP contribution is -2.42. The van der Waals surface area contributed by atoms with E-state index >= 15 is 0 Å². The second kappa shape index (κ2) is 6.59. The number of amides is 1. The predicted octanol–water partition coefficient (Wildman–Crippen LogP) is 2.02. The number of sulfone groups is 1. The van der Waals surface area contributed by atoms with Gasteiger partial charge in [-0.15, -0.1) is 5.10 Å². The molecule has 0 bridgehead atoms. The van der Waals surface area contributed by atoms with E-state index in [9.17, 15) is 26.4 Å². The first-order valence-electron chi connectivity index (χ1n) is 7.09. The SMILES string of the molecule is CC(C)(Oc1ccc(C(F)(F)F)cc1)C(=O)Nc1n[nH]c(S(C)(=O)=O)n1. The van der Waals surface area contributed by atoms with Crippen molar-refractivity contribution in [2.45, 2.75) is 30.8 Å². The lowest BCUT2D eigenvalue weighted by molar-refractivity contribution is -0.137. The van der Waals surface area contributed by atoms with Crippen molar-refractivity contribution in [3.8, 4) is 5.75 Å². The van der Waals surface area contributed by atoms with E-state index < -0.39 is 38.2 Å². The first-order valence-corrected chi connectivity index (χ1v) is 8.98. The number of aromatic amines is 1. The summed E-state index contributed by atoms with van der Waals surface area (Å²) in [6.07, 6.45) is -3.56. The topological polar surface area (TPSA) is 114 Å². The maximum Gasteiger partial charge on any atom is 0.416 e. The highest BCUT2D eigenvalue weighted by molar-refractivity contribution is 7.90. The molecule has 142 valence electrons. The Kier molecular flexibility index (Phi) is 4.99. The van der Waals surface area contributed by atoms with Gasteiger partial charge >= 0.3 is 6.18 Å². The Balaban J connectivity index is 2.09. The van der Waals surface area contributed by atoms with Gasteiger partial charge in [0, 0.05) is 6.26 Å². The van der Waals surface area contributed by atoms with Crippen LogP contribution in [-0.4, -0.2) is 41.4 Å². The molecule has 0 fully saturated rings. The number of halogens is 3. The molecule has 0 radical (unpaired) electrons. The molecule has 0 saturated carbocycles. The quantitative estimate of drug-likeness (QED) is 0.805. The van der Waals surface area contributed by atoms with Crippen LogP contribution in [0, 0.1) is 0 Å². The summed E-state index contributed by atoms with van der Waals surface area (Å²) in [5, 5.41) is 7.56. The first kappa shape index (κ1) is 19.7. The number of rotatable bonds is 5. The summed E-state index contributed by atoms with van der Waals surface area (Å²) < 4.78 is 65.7. The van der Waals surface area contributed by atoms with E-state index in [2.05, 4.69) is 20.5 Å². The molecule has 0 saturated heterocycles. The number of hydrogen-bond acceptors (Lipinski definition) is 6. The molecule has 2 aromatic rings. The number of nitrogens with zero attached hydrogens (tertiary/aromatic N) is 2. The van der Waals surface area contributed by atoms with Crippen molar-refractivity contribution in [1.82, 2.24) is 15.2 Å². The zero-order valence-electron chi connectivity index (χ0n) is 13.9. The van der Waals surface area contributed by atoms with Gasteiger partial charge in [-0.05, 0) is 38.1 Å². The maximum absolute atomic E-state index is 12.5. The number of carbonyl (C=O) groups excluding carboxylic acids is 1. The minimum absolute atomic E-state index is 0.0463. The Morgan fingerprint density at radius 2 is 1.77 bits per heavy atom. The second-order valence-corrected chi connectivity index (χ2v) is 7.76. The molecule has 8 nitrogen and oxygen atoms in total. The predicted molar refractivity (Wildman–Crippen MR) is 84.3 cm³/mol. The number of alkyl halides is 3. The lowest BCUT2D eigenvalue weighted by Gasteiger charge is -2.24.